The first-order chi connectivity index (χ1) is 9.11. The second kappa shape index (κ2) is 5.69. The van der Waals surface area contributed by atoms with Gasteiger partial charge in [0.2, 0.25) is 0 Å². The molecule has 3 atom stereocenters. The van der Waals surface area contributed by atoms with E-state index in [-0.39, 0.29) is 5.91 Å². The van der Waals surface area contributed by atoms with E-state index in [1.165, 1.54) is 7.11 Å². The van der Waals surface area contributed by atoms with Crippen LogP contribution in [0.2, 0.25) is 0 Å². The first kappa shape index (κ1) is 14.0. The number of para-hydroxylation sites is 1. The summed E-state index contributed by atoms with van der Waals surface area (Å²) in [7, 11) is 1.51. The maximum Gasteiger partial charge on any atom is 0.261 e. The van der Waals surface area contributed by atoms with Gasteiger partial charge in [0, 0.05) is 19.3 Å². The number of hydrogen-bond donors (Lipinski definition) is 1. The number of rotatable bonds is 5. The van der Waals surface area contributed by atoms with Gasteiger partial charge < -0.3 is 19.5 Å². The summed E-state index contributed by atoms with van der Waals surface area (Å²) in [6, 6.07) is 6.97. The molecule has 0 aliphatic carbocycles. The average Bonchev–Trinajstić information content (AvgIpc) is 2.69. The summed E-state index contributed by atoms with van der Waals surface area (Å²) in [5.74, 6) is -0.171. The number of hydrogen-bond acceptors (Lipinski definition) is 4. The van der Waals surface area contributed by atoms with Gasteiger partial charge in [-0.15, -0.1) is 0 Å². The van der Waals surface area contributed by atoms with Gasteiger partial charge in [0.15, 0.2) is 12.4 Å². The van der Waals surface area contributed by atoms with Gasteiger partial charge in [-0.05, 0) is 19.9 Å². The van der Waals surface area contributed by atoms with Crippen molar-refractivity contribution in [2.45, 2.75) is 32.3 Å². The number of carbonyl (C=O) groups excluding carboxylic acids is 1. The first-order valence-corrected chi connectivity index (χ1v) is 6.36. The fourth-order valence-corrected chi connectivity index (χ4v) is 2.39. The van der Waals surface area contributed by atoms with Crippen molar-refractivity contribution in [3.05, 3.63) is 29.8 Å². The second-order valence-electron chi connectivity index (χ2n) is 4.47. The third-order valence-electron chi connectivity index (χ3n) is 3.33. The normalized spacial score (nSPS) is 21.4. The molecule has 1 aliphatic heterocycles. The van der Waals surface area contributed by atoms with Gasteiger partial charge in [-0.1, -0.05) is 18.2 Å². The molecule has 19 heavy (non-hydrogen) atoms. The summed E-state index contributed by atoms with van der Waals surface area (Å²) in [5, 5.41) is 9.92. The molecule has 0 aromatic heterocycles. The molecule has 1 aromatic rings. The highest BCUT2D eigenvalue weighted by Crippen LogP contribution is 2.39. The Morgan fingerprint density at radius 3 is 2.74 bits per heavy atom. The van der Waals surface area contributed by atoms with Crippen LogP contribution >= 0.6 is 0 Å². The van der Waals surface area contributed by atoms with Gasteiger partial charge in [0.1, 0.15) is 0 Å². The first-order valence-electron chi connectivity index (χ1n) is 6.36. The predicted molar refractivity (Wildman–Crippen MR) is 70.8 cm³/mol. The topological polar surface area (TPSA) is 59.0 Å². The number of methoxy groups -OCH3 is 1. The van der Waals surface area contributed by atoms with Crippen molar-refractivity contribution in [1.29, 1.82) is 0 Å². The Morgan fingerprint density at radius 1 is 1.42 bits per heavy atom. The zero-order valence-corrected chi connectivity index (χ0v) is 11.4. The van der Waals surface area contributed by atoms with E-state index in [0.29, 0.717) is 6.61 Å². The molecule has 1 heterocycles. The summed E-state index contributed by atoms with van der Waals surface area (Å²) in [6.45, 7) is 3.95. The van der Waals surface area contributed by atoms with E-state index in [2.05, 4.69) is 0 Å². The van der Waals surface area contributed by atoms with Crippen LogP contribution in [0.5, 0.6) is 0 Å². The summed E-state index contributed by atoms with van der Waals surface area (Å²) in [5.41, 5.74) is 1.59. The molecule has 1 N–H and O–H groups in total. The van der Waals surface area contributed by atoms with E-state index in [0.717, 1.165) is 11.3 Å². The summed E-state index contributed by atoms with van der Waals surface area (Å²) in [6.07, 6.45) is -1.62. The number of anilines is 1. The molecule has 1 amide bonds. The highest BCUT2D eigenvalue weighted by molar-refractivity contribution is 6.04. The average molecular weight is 265 g/mol. The van der Waals surface area contributed by atoms with Gasteiger partial charge in [-0.3, -0.25) is 4.79 Å². The Labute approximate surface area is 112 Å². The molecule has 3 unspecified atom stereocenters. The number of amides is 1. The molecule has 0 fully saturated rings. The van der Waals surface area contributed by atoms with Gasteiger partial charge >= 0.3 is 0 Å². The van der Waals surface area contributed by atoms with Crippen molar-refractivity contribution in [3.63, 3.8) is 0 Å². The van der Waals surface area contributed by atoms with Gasteiger partial charge in [0.25, 0.3) is 5.91 Å². The van der Waals surface area contributed by atoms with Crippen LogP contribution in [-0.4, -0.2) is 37.1 Å². The molecule has 1 aliphatic rings. The summed E-state index contributed by atoms with van der Waals surface area (Å²) >= 11 is 0. The molecule has 5 heteroatoms. The Balaban J connectivity index is 2.33. The van der Waals surface area contributed by atoms with E-state index in [1.807, 2.05) is 24.3 Å². The second-order valence-corrected chi connectivity index (χ2v) is 4.47. The minimum absolute atomic E-state index is 0.171. The molecular formula is C14H19NO4. The number of aliphatic hydroxyl groups is 1. The number of nitrogens with zero attached hydrogens (tertiary/aromatic N) is 1. The molecular weight excluding hydrogens is 246 g/mol. The predicted octanol–water partition coefficient (Wildman–Crippen LogP) is 1.46. The minimum atomic E-state index is -1.02. The van der Waals surface area contributed by atoms with E-state index < -0.39 is 18.4 Å². The largest absolute Gasteiger partial charge is 0.367 e. The lowest BCUT2D eigenvalue weighted by Gasteiger charge is -2.29. The molecule has 0 spiro atoms. The minimum Gasteiger partial charge on any atom is -0.367 e. The quantitative estimate of drug-likeness (QED) is 0.819. The molecule has 0 saturated carbocycles. The number of ether oxygens (including phenoxy) is 2. The van der Waals surface area contributed by atoms with Gasteiger partial charge in [-0.25, -0.2) is 0 Å². The number of aliphatic hydroxyl groups excluding tert-OH is 1. The lowest BCUT2D eigenvalue weighted by Crippen LogP contribution is -2.45. The summed E-state index contributed by atoms with van der Waals surface area (Å²) < 4.78 is 10.4. The van der Waals surface area contributed by atoms with Crippen LogP contribution in [0.25, 0.3) is 0 Å². The smallest absolute Gasteiger partial charge is 0.261 e. The molecule has 0 saturated heterocycles. The van der Waals surface area contributed by atoms with Gasteiger partial charge in [0.05, 0.1) is 11.7 Å². The van der Waals surface area contributed by atoms with Crippen molar-refractivity contribution in [3.8, 4) is 0 Å². The highest BCUT2D eigenvalue weighted by Gasteiger charge is 2.41. The Bertz CT molecular complexity index is 463. The SMILES string of the molecule is CCOC(O)C(C)N1C(=O)C(OC)c2ccccc21. The zero-order chi connectivity index (χ0) is 14.0. The monoisotopic (exact) mass is 265 g/mol. The fraction of sp³-hybridized carbons (Fsp3) is 0.500. The lowest BCUT2D eigenvalue weighted by atomic mass is 10.1. The van der Waals surface area contributed by atoms with Crippen LogP contribution in [0.4, 0.5) is 5.69 Å². The molecule has 5 nitrogen and oxygen atoms in total. The van der Waals surface area contributed by atoms with Crippen LogP contribution in [0.1, 0.15) is 25.5 Å². The maximum absolute atomic E-state index is 12.4. The van der Waals surface area contributed by atoms with Crippen LogP contribution < -0.4 is 4.90 Å². The van der Waals surface area contributed by atoms with Crippen LogP contribution in [-0.2, 0) is 14.3 Å². The lowest BCUT2D eigenvalue weighted by molar-refractivity contribution is -0.134. The number of carbonyl (C=O) groups is 1. The van der Waals surface area contributed by atoms with Crippen LogP contribution in [0.15, 0.2) is 24.3 Å². The van der Waals surface area contributed by atoms with E-state index in [9.17, 15) is 9.90 Å². The van der Waals surface area contributed by atoms with Crippen molar-refractivity contribution >= 4 is 11.6 Å². The Morgan fingerprint density at radius 2 is 2.11 bits per heavy atom. The van der Waals surface area contributed by atoms with Gasteiger partial charge in [-0.2, -0.15) is 0 Å². The standard InChI is InChI=1S/C14H19NO4/c1-4-19-14(17)9(2)15-11-8-6-5-7-10(11)12(18-3)13(15)16/h5-9,12,14,17H,4H2,1-3H3. The zero-order valence-electron chi connectivity index (χ0n) is 11.4. The van der Waals surface area contributed by atoms with E-state index in [1.54, 1.807) is 18.7 Å². The molecule has 104 valence electrons. The van der Waals surface area contributed by atoms with Crippen molar-refractivity contribution in [2.75, 3.05) is 18.6 Å². The van der Waals surface area contributed by atoms with Crippen molar-refractivity contribution < 1.29 is 19.4 Å². The molecule has 2 rings (SSSR count). The van der Waals surface area contributed by atoms with Crippen LogP contribution in [0.3, 0.4) is 0 Å². The summed E-state index contributed by atoms with van der Waals surface area (Å²) in [4.78, 5) is 13.9. The fourth-order valence-electron chi connectivity index (χ4n) is 2.39. The third kappa shape index (κ3) is 2.36. The molecule has 0 radical (unpaired) electrons. The Hall–Kier alpha value is -1.43. The van der Waals surface area contributed by atoms with Crippen molar-refractivity contribution in [2.24, 2.45) is 0 Å². The Kier molecular flexibility index (Phi) is 4.19. The highest BCUT2D eigenvalue weighted by atomic mass is 16.6. The molecule has 0 bridgehead atoms. The van der Waals surface area contributed by atoms with E-state index in [4.69, 9.17) is 9.47 Å². The van der Waals surface area contributed by atoms with E-state index >= 15 is 0 Å². The number of benzene rings is 1. The number of fused-ring (bicyclic) bond motifs is 1. The molecule has 1 aromatic carbocycles. The maximum atomic E-state index is 12.4. The van der Waals surface area contributed by atoms with Crippen molar-refractivity contribution in [1.82, 2.24) is 0 Å². The van der Waals surface area contributed by atoms with Crippen LogP contribution in [0, 0.1) is 0 Å². The third-order valence-corrected chi connectivity index (χ3v) is 3.33.